The van der Waals surface area contributed by atoms with Crippen LogP contribution in [0.25, 0.3) is 11.3 Å². The van der Waals surface area contributed by atoms with Gasteiger partial charge in [-0.3, -0.25) is 0 Å². The van der Waals surface area contributed by atoms with E-state index in [-0.39, 0.29) is 0 Å². The van der Waals surface area contributed by atoms with E-state index in [0.717, 1.165) is 41.4 Å². The van der Waals surface area contributed by atoms with Gasteiger partial charge in [-0.15, -0.1) is 0 Å². The van der Waals surface area contributed by atoms with Gasteiger partial charge < -0.3 is 5.32 Å². The summed E-state index contributed by atoms with van der Waals surface area (Å²) in [4.78, 5) is 9.50. The summed E-state index contributed by atoms with van der Waals surface area (Å²) in [6.45, 7) is 9.39. The second-order valence-electron chi connectivity index (χ2n) is 5.11. The normalized spacial score (nSPS) is 12.2. The Morgan fingerprint density at radius 2 is 1.80 bits per heavy atom. The van der Waals surface area contributed by atoms with Crippen molar-refractivity contribution in [3.63, 3.8) is 0 Å². The SMILES string of the molecule is CCNc1nc(C(C)CC)nc(-c2ccccc2)c1C. The Morgan fingerprint density at radius 1 is 1.10 bits per heavy atom. The summed E-state index contributed by atoms with van der Waals surface area (Å²) in [5.74, 6) is 2.25. The molecule has 1 unspecified atom stereocenters. The molecule has 0 bridgehead atoms. The van der Waals surface area contributed by atoms with Crippen molar-refractivity contribution in [3.05, 3.63) is 41.7 Å². The molecule has 0 spiro atoms. The molecular formula is C17H23N3. The van der Waals surface area contributed by atoms with Crippen LogP contribution in [0.4, 0.5) is 5.82 Å². The highest BCUT2D eigenvalue weighted by molar-refractivity contribution is 5.68. The van der Waals surface area contributed by atoms with Gasteiger partial charge in [0.1, 0.15) is 11.6 Å². The van der Waals surface area contributed by atoms with Crippen LogP contribution in [0.2, 0.25) is 0 Å². The zero-order chi connectivity index (χ0) is 14.5. The molecule has 0 aliphatic heterocycles. The molecule has 0 radical (unpaired) electrons. The lowest BCUT2D eigenvalue weighted by molar-refractivity contribution is 0.679. The number of hydrogen-bond acceptors (Lipinski definition) is 3. The molecule has 0 amide bonds. The quantitative estimate of drug-likeness (QED) is 0.874. The predicted molar refractivity (Wildman–Crippen MR) is 85.1 cm³/mol. The first kappa shape index (κ1) is 14.5. The van der Waals surface area contributed by atoms with E-state index < -0.39 is 0 Å². The van der Waals surface area contributed by atoms with Crippen LogP contribution in [-0.2, 0) is 0 Å². The van der Waals surface area contributed by atoms with Crippen LogP contribution in [0.1, 0.15) is 44.5 Å². The van der Waals surface area contributed by atoms with E-state index in [4.69, 9.17) is 9.97 Å². The molecule has 3 heteroatoms. The molecule has 2 aromatic rings. The van der Waals surface area contributed by atoms with Crippen LogP contribution >= 0.6 is 0 Å². The molecule has 2 rings (SSSR count). The fourth-order valence-electron chi connectivity index (χ4n) is 2.15. The zero-order valence-corrected chi connectivity index (χ0v) is 12.8. The third kappa shape index (κ3) is 2.98. The van der Waals surface area contributed by atoms with Crippen LogP contribution in [0.15, 0.2) is 30.3 Å². The standard InChI is InChI=1S/C17H23N3/c1-5-12(3)16-19-15(14-10-8-7-9-11-14)13(4)17(20-16)18-6-2/h7-12H,5-6H2,1-4H3,(H,18,19,20). The maximum Gasteiger partial charge on any atom is 0.134 e. The lowest BCUT2D eigenvalue weighted by atomic mass is 10.0. The van der Waals surface area contributed by atoms with E-state index in [9.17, 15) is 0 Å². The van der Waals surface area contributed by atoms with E-state index in [1.54, 1.807) is 0 Å². The minimum absolute atomic E-state index is 0.371. The topological polar surface area (TPSA) is 37.8 Å². The van der Waals surface area contributed by atoms with Crippen molar-refractivity contribution in [3.8, 4) is 11.3 Å². The second kappa shape index (κ2) is 6.51. The highest BCUT2D eigenvalue weighted by Gasteiger charge is 2.15. The van der Waals surface area contributed by atoms with Gasteiger partial charge >= 0.3 is 0 Å². The van der Waals surface area contributed by atoms with Gasteiger partial charge in [0, 0.05) is 23.6 Å². The summed E-state index contributed by atoms with van der Waals surface area (Å²) in [7, 11) is 0. The molecule has 1 aromatic heterocycles. The molecule has 0 aliphatic carbocycles. The van der Waals surface area contributed by atoms with Gasteiger partial charge in [-0.25, -0.2) is 9.97 Å². The van der Waals surface area contributed by atoms with Crippen LogP contribution in [0.3, 0.4) is 0 Å². The van der Waals surface area contributed by atoms with E-state index in [1.165, 1.54) is 0 Å². The Hall–Kier alpha value is -1.90. The Morgan fingerprint density at radius 3 is 2.40 bits per heavy atom. The fraction of sp³-hybridized carbons (Fsp3) is 0.412. The van der Waals surface area contributed by atoms with E-state index in [0.29, 0.717) is 5.92 Å². The van der Waals surface area contributed by atoms with Crippen molar-refractivity contribution < 1.29 is 0 Å². The number of benzene rings is 1. The number of nitrogens with one attached hydrogen (secondary N) is 1. The molecule has 1 aromatic carbocycles. The van der Waals surface area contributed by atoms with E-state index in [1.807, 2.05) is 18.2 Å². The average Bonchev–Trinajstić information content (AvgIpc) is 2.49. The first-order chi connectivity index (χ1) is 9.67. The lowest BCUT2D eigenvalue weighted by Gasteiger charge is -2.16. The summed E-state index contributed by atoms with van der Waals surface area (Å²) in [5, 5.41) is 3.35. The molecular weight excluding hydrogens is 246 g/mol. The first-order valence-electron chi connectivity index (χ1n) is 7.35. The molecule has 0 saturated heterocycles. The van der Waals surface area contributed by atoms with Gasteiger partial charge in [0.15, 0.2) is 0 Å². The van der Waals surface area contributed by atoms with Crippen LogP contribution in [0.5, 0.6) is 0 Å². The predicted octanol–water partition coefficient (Wildman–Crippen LogP) is 4.40. The molecule has 20 heavy (non-hydrogen) atoms. The fourth-order valence-corrected chi connectivity index (χ4v) is 2.15. The number of rotatable bonds is 5. The van der Waals surface area contributed by atoms with E-state index >= 15 is 0 Å². The zero-order valence-electron chi connectivity index (χ0n) is 12.8. The van der Waals surface area contributed by atoms with Gasteiger partial charge in [0.05, 0.1) is 5.69 Å². The van der Waals surface area contributed by atoms with Gasteiger partial charge in [0.25, 0.3) is 0 Å². The van der Waals surface area contributed by atoms with Crippen LogP contribution in [0, 0.1) is 6.92 Å². The molecule has 0 aliphatic rings. The number of hydrogen-bond donors (Lipinski definition) is 1. The Bertz CT molecular complexity index is 564. The molecule has 106 valence electrons. The molecule has 3 nitrogen and oxygen atoms in total. The highest BCUT2D eigenvalue weighted by atomic mass is 15.0. The minimum Gasteiger partial charge on any atom is -0.370 e. The summed E-state index contributed by atoms with van der Waals surface area (Å²) < 4.78 is 0. The molecule has 0 saturated carbocycles. The summed E-state index contributed by atoms with van der Waals surface area (Å²) in [5.41, 5.74) is 3.30. The Balaban J connectivity index is 2.57. The maximum atomic E-state index is 4.81. The number of anilines is 1. The average molecular weight is 269 g/mol. The van der Waals surface area contributed by atoms with Crippen molar-refractivity contribution in [1.29, 1.82) is 0 Å². The lowest BCUT2D eigenvalue weighted by Crippen LogP contribution is -2.09. The maximum absolute atomic E-state index is 4.81. The van der Waals surface area contributed by atoms with E-state index in [2.05, 4.69) is 45.1 Å². The van der Waals surface area contributed by atoms with Crippen LogP contribution in [-0.4, -0.2) is 16.5 Å². The number of aromatic nitrogens is 2. The Labute approximate surface area is 121 Å². The van der Waals surface area contributed by atoms with Crippen molar-refractivity contribution in [2.75, 3.05) is 11.9 Å². The van der Waals surface area contributed by atoms with Gasteiger partial charge in [-0.2, -0.15) is 0 Å². The molecule has 1 atom stereocenters. The number of nitrogens with zero attached hydrogens (tertiary/aromatic N) is 2. The molecule has 1 heterocycles. The summed E-state index contributed by atoms with van der Waals surface area (Å²) in [6, 6.07) is 10.3. The van der Waals surface area contributed by atoms with Gasteiger partial charge in [-0.05, 0) is 20.3 Å². The monoisotopic (exact) mass is 269 g/mol. The highest BCUT2D eigenvalue weighted by Crippen LogP contribution is 2.28. The Kier molecular flexibility index (Phi) is 4.72. The largest absolute Gasteiger partial charge is 0.370 e. The van der Waals surface area contributed by atoms with Gasteiger partial charge in [0.2, 0.25) is 0 Å². The third-order valence-corrected chi connectivity index (χ3v) is 3.61. The molecule has 1 N–H and O–H groups in total. The van der Waals surface area contributed by atoms with Crippen molar-refractivity contribution >= 4 is 5.82 Å². The van der Waals surface area contributed by atoms with Crippen molar-refractivity contribution in [1.82, 2.24) is 9.97 Å². The summed E-state index contributed by atoms with van der Waals surface area (Å²) in [6.07, 6.45) is 1.04. The summed E-state index contributed by atoms with van der Waals surface area (Å²) >= 11 is 0. The van der Waals surface area contributed by atoms with Crippen molar-refractivity contribution in [2.45, 2.75) is 40.0 Å². The van der Waals surface area contributed by atoms with Crippen LogP contribution < -0.4 is 5.32 Å². The first-order valence-corrected chi connectivity index (χ1v) is 7.35. The third-order valence-electron chi connectivity index (χ3n) is 3.61. The van der Waals surface area contributed by atoms with Gasteiger partial charge in [-0.1, -0.05) is 44.2 Å². The van der Waals surface area contributed by atoms with Crippen molar-refractivity contribution in [2.24, 2.45) is 0 Å². The minimum atomic E-state index is 0.371. The molecule has 0 fully saturated rings. The second-order valence-corrected chi connectivity index (χ2v) is 5.11. The smallest absolute Gasteiger partial charge is 0.134 e.